The molecular formula is C13H17Cl2FMgN4NaO8P. The number of nitrogens with zero attached hydrogens (tertiary/aromatic N) is 3. The molecule has 5 atom stereocenters. The summed E-state index contributed by atoms with van der Waals surface area (Å²) >= 11 is 0. The van der Waals surface area contributed by atoms with E-state index in [1.165, 1.54) is 6.20 Å². The smallest absolute Gasteiger partial charge is 1.00 e. The number of aromatic amines is 1. The summed E-state index contributed by atoms with van der Waals surface area (Å²) in [7, 11) is -5.49. The van der Waals surface area contributed by atoms with Gasteiger partial charge in [0.05, 0.1) is 15.1 Å². The first-order valence-corrected chi connectivity index (χ1v) is 8.83. The van der Waals surface area contributed by atoms with Crippen molar-refractivity contribution in [2.45, 2.75) is 24.5 Å². The minimum Gasteiger partial charge on any atom is -1.00 e. The zero-order chi connectivity index (χ0) is 20.9. The standard InChI is InChI=1S/C12H15N4O8P.CH3F.2ClH.Mg.Na/c17-8-1-3-16(12(20)14-8)11-10(19)9(18)7(24-11)5-23-25(21,22)15-4-2-13-6-15;1-2;;;;/h1-4,6-7,9-11,18-19H,5H2,(H,21,22)(H,14,17,20);1H3;2*1H;;/q;;;;+2;+1/p-3/t7-,9+,10?,11-;;;;;/m1...../s1/i;1D;;;;. The second-order valence-corrected chi connectivity index (χ2v) is 6.93. The Hall–Kier alpha value is 0.196. The van der Waals surface area contributed by atoms with Crippen molar-refractivity contribution in [3.63, 3.8) is 0 Å². The van der Waals surface area contributed by atoms with Gasteiger partial charge in [-0.1, -0.05) is 0 Å². The fourth-order valence-corrected chi connectivity index (χ4v) is 3.23. The Labute approximate surface area is 227 Å². The molecule has 0 bridgehead atoms. The van der Waals surface area contributed by atoms with Crippen molar-refractivity contribution in [3.05, 3.63) is 51.8 Å². The van der Waals surface area contributed by atoms with E-state index in [9.17, 15) is 33.7 Å². The second kappa shape index (κ2) is 15.9. The van der Waals surface area contributed by atoms with E-state index in [0.29, 0.717) is 0 Å². The molecule has 0 amide bonds. The third-order valence-corrected chi connectivity index (χ3v) is 4.92. The molecule has 18 heteroatoms. The number of hydrogen-bond acceptors (Lipinski definition) is 9. The predicted molar refractivity (Wildman–Crippen MR) is 91.2 cm³/mol. The number of hydrogen-bond donors (Lipinski definition) is 3. The number of ether oxygens (including phenoxy) is 1. The molecule has 0 aromatic carbocycles. The summed E-state index contributed by atoms with van der Waals surface area (Å²) in [5.74, 6) is 0. The maximum atomic E-state index is 11.9. The molecule has 2 unspecified atom stereocenters. The van der Waals surface area contributed by atoms with Gasteiger partial charge in [0.2, 0.25) is 7.75 Å². The predicted octanol–water partition coefficient (Wildman–Crippen LogP) is -11.4. The Morgan fingerprint density at radius 1 is 1.39 bits per heavy atom. The van der Waals surface area contributed by atoms with E-state index < -0.39 is 57.3 Å². The largest absolute Gasteiger partial charge is 2.00 e. The number of halogens is 3. The van der Waals surface area contributed by atoms with Gasteiger partial charge >= 0.3 is 58.3 Å². The van der Waals surface area contributed by atoms with Gasteiger partial charge in [-0.05, 0) is 0 Å². The van der Waals surface area contributed by atoms with Crippen molar-refractivity contribution in [1.82, 2.24) is 18.9 Å². The van der Waals surface area contributed by atoms with E-state index >= 15 is 0 Å². The van der Waals surface area contributed by atoms with Crippen molar-refractivity contribution < 1.29 is 89.1 Å². The van der Waals surface area contributed by atoms with Crippen LogP contribution in [0.5, 0.6) is 0 Å². The molecule has 1 aliphatic rings. The Balaban J connectivity index is -0.00000114. The maximum absolute atomic E-state index is 11.9. The van der Waals surface area contributed by atoms with E-state index in [-0.39, 0.29) is 77.4 Å². The summed E-state index contributed by atoms with van der Waals surface area (Å²) in [6.07, 6.45) is -1.04. The summed E-state index contributed by atoms with van der Waals surface area (Å²) in [5.41, 5.74) is -1.49. The van der Waals surface area contributed by atoms with Crippen LogP contribution in [0, 0.1) is 0 Å². The topological polar surface area (TPSA) is 172 Å². The Morgan fingerprint density at radius 2 is 2.00 bits per heavy atom. The van der Waals surface area contributed by atoms with Crippen molar-refractivity contribution >= 4 is 30.8 Å². The van der Waals surface area contributed by atoms with Crippen molar-refractivity contribution in [3.8, 4) is 0 Å². The van der Waals surface area contributed by atoms with Crippen LogP contribution in [0.3, 0.4) is 0 Å². The van der Waals surface area contributed by atoms with Crippen LogP contribution < -0.4 is 70.5 Å². The van der Waals surface area contributed by atoms with Crippen molar-refractivity contribution in [1.29, 1.82) is 0 Å². The first-order valence-electron chi connectivity index (χ1n) is 8.04. The van der Waals surface area contributed by atoms with Crippen LogP contribution in [0.2, 0.25) is 0 Å². The van der Waals surface area contributed by atoms with Crippen LogP contribution in [0.4, 0.5) is 4.39 Å². The molecule has 1 fully saturated rings. The molecule has 3 heterocycles. The fourth-order valence-electron chi connectivity index (χ4n) is 2.36. The van der Waals surface area contributed by atoms with Crippen LogP contribution in [0.25, 0.3) is 0 Å². The average molecular weight is 526 g/mol. The SMILES string of the molecule is O=c1ccn([C@@H]2O[C@H](COP(=O)([O-])n3ccnc3)[C@H](O)C2O)c(=O)[nH]1.[2H]CF.[Cl-].[Cl-].[Mg+2].[Na+]. The Morgan fingerprint density at radius 3 is 2.52 bits per heavy atom. The molecule has 1 aliphatic heterocycles. The van der Waals surface area contributed by atoms with Gasteiger partial charge < -0.3 is 49.2 Å². The molecule has 0 saturated carbocycles. The van der Waals surface area contributed by atoms with E-state index in [0.717, 1.165) is 33.7 Å². The number of nitrogens with one attached hydrogen (secondary N) is 1. The number of H-pyrrole nitrogens is 1. The zero-order valence-electron chi connectivity index (χ0n) is 17.1. The monoisotopic (exact) mass is 525 g/mol. The number of imidazole rings is 1. The van der Waals surface area contributed by atoms with Crippen LogP contribution in [0.15, 0.2) is 40.6 Å². The van der Waals surface area contributed by atoms with Gasteiger partial charge in [-0.25, -0.2) is 9.78 Å². The van der Waals surface area contributed by atoms with Gasteiger partial charge in [-0.3, -0.25) is 27.6 Å². The number of rotatable bonds is 5. The van der Waals surface area contributed by atoms with Gasteiger partial charge in [-0.2, -0.15) is 0 Å². The summed E-state index contributed by atoms with van der Waals surface area (Å²) in [5, 5.41) is 20.1. The number of aromatic nitrogens is 4. The first kappa shape index (κ1) is 33.4. The van der Waals surface area contributed by atoms with Gasteiger partial charge in [0.15, 0.2) is 6.23 Å². The summed E-state index contributed by atoms with van der Waals surface area (Å²) < 4.78 is 39.2. The third kappa shape index (κ3) is 8.81. The number of aliphatic hydroxyl groups excluding tert-OH is 2. The molecule has 0 spiro atoms. The van der Waals surface area contributed by atoms with Crippen LogP contribution in [-0.2, 0) is 13.8 Å². The van der Waals surface area contributed by atoms with Gasteiger partial charge in [0.25, 0.3) is 5.56 Å². The van der Waals surface area contributed by atoms with Crippen LogP contribution in [-0.4, -0.2) is 84.2 Å². The molecule has 12 nitrogen and oxygen atoms in total. The minimum absolute atomic E-state index is 0. The minimum atomic E-state index is -4.49. The average Bonchev–Trinajstić information content (AvgIpc) is 3.26. The molecule has 166 valence electrons. The first-order chi connectivity index (χ1) is 13.2. The van der Waals surface area contributed by atoms with Gasteiger partial charge in [0, 0.05) is 24.7 Å². The summed E-state index contributed by atoms with van der Waals surface area (Å²) in [6.45, 7) is -0.591. The fraction of sp³-hybridized carbons (Fsp3) is 0.462. The molecular weight excluding hydrogens is 508 g/mol. The van der Waals surface area contributed by atoms with E-state index in [1.54, 1.807) is 0 Å². The second-order valence-electron chi connectivity index (χ2n) is 5.27. The molecule has 0 aliphatic carbocycles. The molecule has 31 heavy (non-hydrogen) atoms. The van der Waals surface area contributed by atoms with Crippen LogP contribution in [0.1, 0.15) is 7.60 Å². The van der Waals surface area contributed by atoms with E-state index in [4.69, 9.17) is 10.6 Å². The van der Waals surface area contributed by atoms with Crippen molar-refractivity contribution in [2.24, 2.45) is 0 Å². The maximum Gasteiger partial charge on any atom is 2.00 e. The summed E-state index contributed by atoms with van der Waals surface area (Å²) in [4.78, 5) is 40.3. The molecule has 2 aromatic heterocycles. The molecule has 0 radical (unpaired) electrons. The molecule has 1 saturated heterocycles. The van der Waals surface area contributed by atoms with E-state index in [2.05, 4.69) is 4.98 Å². The number of alkyl halides is 1. The normalized spacial score (nSPS) is 23.8. The van der Waals surface area contributed by atoms with Gasteiger partial charge in [-0.15, -0.1) is 0 Å². The van der Waals surface area contributed by atoms with Crippen molar-refractivity contribution in [2.75, 3.05) is 13.8 Å². The Kier molecular flexibility index (Phi) is 17.1. The molecule has 2 aromatic rings. The zero-order valence-corrected chi connectivity index (χ0v) is 21.9. The third-order valence-electron chi connectivity index (χ3n) is 3.64. The van der Waals surface area contributed by atoms with E-state index in [1.807, 2.05) is 4.98 Å². The number of aliphatic hydroxyl groups is 2. The Bertz CT molecular complexity index is 945. The van der Waals surface area contributed by atoms with Gasteiger partial charge in [0.1, 0.15) is 24.6 Å². The molecule has 3 rings (SSSR count). The molecule has 3 N–H and O–H groups in total. The quantitative estimate of drug-likeness (QED) is 0.253. The summed E-state index contributed by atoms with van der Waals surface area (Å²) in [6, 6.07) is 1.04. The van der Waals surface area contributed by atoms with Crippen LogP contribution >= 0.6 is 7.75 Å².